The number of hydrogen-bond acceptors (Lipinski definition) is 4. The van der Waals surface area contributed by atoms with Crippen LogP contribution in [0.1, 0.15) is 0 Å². The molecule has 154 valence electrons. The highest BCUT2D eigenvalue weighted by Gasteiger charge is 2.22. The molecule has 6 nitrogen and oxygen atoms in total. The molecular formula is C23H22ClN3O3. The van der Waals surface area contributed by atoms with E-state index in [1.165, 1.54) is 0 Å². The summed E-state index contributed by atoms with van der Waals surface area (Å²) in [6.07, 6.45) is 0. The number of nitrogens with one attached hydrogen (secondary N) is 1. The van der Waals surface area contributed by atoms with Crippen molar-refractivity contribution in [3.8, 4) is 17.2 Å². The van der Waals surface area contributed by atoms with Crippen molar-refractivity contribution >= 4 is 29.0 Å². The number of para-hydroxylation sites is 1. The Labute approximate surface area is 180 Å². The van der Waals surface area contributed by atoms with Gasteiger partial charge in [-0.3, -0.25) is 0 Å². The van der Waals surface area contributed by atoms with Crippen LogP contribution in [0.25, 0.3) is 0 Å². The number of carbonyl (C=O) groups excluding carboxylic acids is 1. The zero-order valence-corrected chi connectivity index (χ0v) is 17.0. The lowest BCUT2D eigenvalue weighted by Crippen LogP contribution is -2.50. The Morgan fingerprint density at radius 3 is 2.43 bits per heavy atom. The van der Waals surface area contributed by atoms with Gasteiger partial charge in [0.15, 0.2) is 5.75 Å². The van der Waals surface area contributed by atoms with Crippen molar-refractivity contribution in [1.29, 1.82) is 0 Å². The van der Waals surface area contributed by atoms with Gasteiger partial charge in [-0.1, -0.05) is 35.9 Å². The van der Waals surface area contributed by atoms with E-state index in [1.54, 1.807) is 35.2 Å². The van der Waals surface area contributed by atoms with Crippen LogP contribution in [0, 0.1) is 0 Å². The maximum atomic E-state index is 12.8. The molecule has 3 aromatic rings. The number of amides is 2. The lowest BCUT2D eigenvalue weighted by molar-refractivity contribution is 0.208. The monoisotopic (exact) mass is 423 g/mol. The summed E-state index contributed by atoms with van der Waals surface area (Å²) in [6.45, 7) is 2.49. The van der Waals surface area contributed by atoms with Crippen molar-refractivity contribution in [3.63, 3.8) is 0 Å². The molecule has 30 heavy (non-hydrogen) atoms. The fraction of sp³-hybridized carbons (Fsp3) is 0.174. The summed E-state index contributed by atoms with van der Waals surface area (Å²) in [5.74, 6) is 1.44. The van der Waals surface area contributed by atoms with Crippen LogP contribution in [0.4, 0.5) is 16.2 Å². The second-order valence-electron chi connectivity index (χ2n) is 6.98. The normalized spacial score (nSPS) is 13.8. The van der Waals surface area contributed by atoms with Crippen molar-refractivity contribution in [3.05, 3.63) is 77.8 Å². The predicted molar refractivity (Wildman–Crippen MR) is 119 cm³/mol. The number of anilines is 2. The summed E-state index contributed by atoms with van der Waals surface area (Å²) in [6, 6.07) is 21.5. The number of halogens is 1. The molecule has 0 saturated carbocycles. The van der Waals surface area contributed by atoms with Gasteiger partial charge in [0.05, 0.1) is 5.69 Å². The number of benzene rings is 3. The van der Waals surface area contributed by atoms with Crippen LogP contribution in [-0.4, -0.2) is 42.2 Å². The fourth-order valence-corrected chi connectivity index (χ4v) is 3.53. The predicted octanol–water partition coefficient (Wildman–Crippen LogP) is 5.19. The van der Waals surface area contributed by atoms with Crippen molar-refractivity contribution < 1.29 is 14.6 Å². The maximum Gasteiger partial charge on any atom is 0.322 e. The first kappa shape index (κ1) is 19.9. The molecule has 2 N–H and O–H groups in total. The van der Waals surface area contributed by atoms with Gasteiger partial charge in [0.2, 0.25) is 0 Å². The highest BCUT2D eigenvalue weighted by Crippen LogP contribution is 2.32. The van der Waals surface area contributed by atoms with Crippen LogP contribution in [0.2, 0.25) is 5.02 Å². The fourth-order valence-electron chi connectivity index (χ4n) is 3.36. The van der Waals surface area contributed by atoms with Crippen LogP contribution >= 0.6 is 11.6 Å². The number of phenols is 1. The largest absolute Gasteiger partial charge is 0.508 e. The highest BCUT2D eigenvalue weighted by molar-refractivity contribution is 6.31. The van der Waals surface area contributed by atoms with Crippen LogP contribution < -0.4 is 15.0 Å². The molecule has 0 radical (unpaired) electrons. The Kier molecular flexibility index (Phi) is 5.95. The Balaban J connectivity index is 1.41. The number of rotatable bonds is 4. The number of carbonyl (C=O) groups is 1. The molecule has 1 aliphatic heterocycles. The molecule has 1 fully saturated rings. The van der Waals surface area contributed by atoms with E-state index in [9.17, 15) is 9.90 Å². The van der Waals surface area contributed by atoms with E-state index in [-0.39, 0.29) is 11.8 Å². The number of urea groups is 1. The molecule has 4 rings (SSSR count). The Morgan fingerprint density at radius 1 is 0.933 bits per heavy atom. The molecule has 2 amide bonds. The molecule has 1 heterocycles. The van der Waals surface area contributed by atoms with Gasteiger partial charge >= 0.3 is 6.03 Å². The Morgan fingerprint density at radius 2 is 1.70 bits per heavy atom. The van der Waals surface area contributed by atoms with Gasteiger partial charge in [-0.2, -0.15) is 0 Å². The average Bonchev–Trinajstić information content (AvgIpc) is 2.76. The molecule has 3 aromatic carbocycles. The summed E-state index contributed by atoms with van der Waals surface area (Å²) >= 11 is 6.14. The van der Waals surface area contributed by atoms with E-state index in [2.05, 4.69) is 10.2 Å². The molecule has 0 bridgehead atoms. The second kappa shape index (κ2) is 8.97. The minimum Gasteiger partial charge on any atom is -0.508 e. The molecule has 1 aliphatic rings. The minimum absolute atomic E-state index is 0.203. The third-order valence-electron chi connectivity index (χ3n) is 4.92. The molecule has 0 spiro atoms. The SMILES string of the molecule is O=C(Nc1cc(Cl)ccc1Oc1ccccc1)N1CCN(c2cccc(O)c2)CC1. The number of nitrogens with zero attached hydrogens (tertiary/aromatic N) is 2. The van der Waals surface area contributed by atoms with E-state index in [0.29, 0.717) is 48.4 Å². The van der Waals surface area contributed by atoms with Gasteiger partial charge in [0, 0.05) is 43.0 Å². The van der Waals surface area contributed by atoms with Crippen molar-refractivity contribution in [1.82, 2.24) is 4.90 Å². The third kappa shape index (κ3) is 4.78. The van der Waals surface area contributed by atoms with Crippen LogP contribution in [0.3, 0.4) is 0 Å². The van der Waals surface area contributed by atoms with Crippen molar-refractivity contribution in [2.75, 3.05) is 36.4 Å². The molecule has 0 aromatic heterocycles. The zero-order chi connectivity index (χ0) is 20.9. The number of hydrogen-bond donors (Lipinski definition) is 2. The highest BCUT2D eigenvalue weighted by atomic mass is 35.5. The van der Waals surface area contributed by atoms with Crippen molar-refractivity contribution in [2.24, 2.45) is 0 Å². The third-order valence-corrected chi connectivity index (χ3v) is 5.15. The van der Waals surface area contributed by atoms with Crippen molar-refractivity contribution in [2.45, 2.75) is 0 Å². The molecule has 0 aliphatic carbocycles. The first-order chi connectivity index (χ1) is 14.6. The average molecular weight is 424 g/mol. The summed E-state index contributed by atoms with van der Waals surface area (Å²) in [5, 5.41) is 13.1. The molecule has 0 unspecified atom stereocenters. The minimum atomic E-state index is -0.203. The number of aromatic hydroxyl groups is 1. The van der Waals surface area contributed by atoms with Gasteiger partial charge in [-0.05, 0) is 42.5 Å². The Bertz CT molecular complexity index is 1020. The van der Waals surface area contributed by atoms with Gasteiger partial charge in [0.25, 0.3) is 0 Å². The lowest BCUT2D eigenvalue weighted by Gasteiger charge is -2.36. The lowest BCUT2D eigenvalue weighted by atomic mass is 10.2. The van der Waals surface area contributed by atoms with Crippen LogP contribution in [0.5, 0.6) is 17.2 Å². The summed E-state index contributed by atoms with van der Waals surface area (Å²) in [5.41, 5.74) is 1.47. The van der Waals surface area contributed by atoms with Gasteiger partial charge in [-0.15, -0.1) is 0 Å². The topological polar surface area (TPSA) is 65.0 Å². The first-order valence-electron chi connectivity index (χ1n) is 9.71. The van der Waals surface area contributed by atoms with Gasteiger partial charge in [0.1, 0.15) is 11.5 Å². The van der Waals surface area contributed by atoms with E-state index < -0.39 is 0 Å². The second-order valence-corrected chi connectivity index (χ2v) is 7.42. The zero-order valence-electron chi connectivity index (χ0n) is 16.3. The van der Waals surface area contributed by atoms with E-state index in [0.717, 1.165) is 5.69 Å². The van der Waals surface area contributed by atoms with Gasteiger partial charge < -0.3 is 25.0 Å². The molecule has 0 atom stereocenters. The summed E-state index contributed by atoms with van der Waals surface area (Å²) in [7, 11) is 0. The standard InChI is InChI=1S/C23H22ClN3O3/c24-17-9-10-22(30-20-7-2-1-3-8-20)21(15-17)25-23(29)27-13-11-26(12-14-27)18-5-4-6-19(28)16-18/h1-10,15-16,28H,11-14H2,(H,25,29). The van der Waals surface area contributed by atoms with Crippen LogP contribution in [-0.2, 0) is 0 Å². The smallest absolute Gasteiger partial charge is 0.322 e. The van der Waals surface area contributed by atoms with Crippen LogP contribution in [0.15, 0.2) is 72.8 Å². The maximum absolute atomic E-state index is 12.8. The number of ether oxygens (including phenoxy) is 1. The first-order valence-corrected chi connectivity index (χ1v) is 10.1. The van der Waals surface area contributed by atoms with Gasteiger partial charge in [-0.25, -0.2) is 4.79 Å². The number of phenolic OH excluding ortho intramolecular Hbond substituents is 1. The Hall–Kier alpha value is -3.38. The molecule has 1 saturated heterocycles. The molecular weight excluding hydrogens is 402 g/mol. The van der Waals surface area contributed by atoms with E-state index in [1.807, 2.05) is 42.5 Å². The summed E-state index contributed by atoms with van der Waals surface area (Å²) < 4.78 is 5.92. The number of piperazine rings is 1. The van der Waals surface area contributed by atoms with E-state index >= 15 is 0 Å². The van der Waals surface area contributed by atoms with E-state index in [4.69, 9.17) is 16.3 Å². The quantitative estimate of drug-likeness (QED) is 0.606. The molecule has 7 heteroatoms. The summed E-state index contributed by atoms with van der Waals surface area (Å²) in [4.78, 5) is 16.7.